The number of fused-ring (bicyclic) bond motifs is 7. The summed E-state index contributed by atoms with van der Waals surface area (Å²) in [6, 6.07) is 67.5. The minimum absolute atomic E-state index is 0.904. The first-order valence-electron chi connectivity index (χ1n) is 17.1. The van der Waals surface area contributed by atoms with E-state index in [9.17, 15) is 0 Å². The van der Waals surface area contributed by atoms with Crippen molar-refractivity contribution in [2.75, 3.05) is 4.90 Å². The lowest BCUT2D eigenvalue weighted by molar-refractivity contribution is 0.673. The Morgan fingerprint density at radius 1 is 0.340 bits per heavy atom. The van der Waals surface area contributed by atoms with Gasteiger partial charge in [0, 0.05) is 32.9 Å². The van der Waals surface area contributed by atoms with Gasteiger partial charge in [-0.25, -0.2) is 0 Å². The number of hydrogen-bond acceptors (Lipinski definition) is 2. The maximum absolute atomic E-state index is 6.50. The van der Waals surface area contributed by atoms with Gasteiger partial charge >= 0.3 is 0 Å². The average Bonchev–Trinajstić information content (AvgIpc) is 3.58. The van der Waals surface area contributed by atoms with Gasteiger partial charge in [0.15, 0.2) is 0 Å². The number of anilines is 3. The van der Waals surface area contributed by atoms with Gasteiger partial charge in [-0.2, -0.15) is 0 Å². The molecule has 50 heavy (non-hydrogen) atoms. The fourth-order valence-corrected chi connectivity index (χ4v) is 7.68. The largest absolute Gasteiger partial charge is 0.455 e. The zero-order valence-corrected chi connectivity index (χ0v) is 27.3. The van der Waals surface area contributed by atoms with Crippen LogP contribution in [0.5, 0.6) is 0 Å². The van der Waals surface area contributed by atoms with Gasteiger partial charge < -0.3 is 9.32 Å². The van der Waals surface area contributed by atoms with Crippen molar-refractivity contribution >= 4 is 71.3 Å². The zero-order valence-electron chi connectivity index (χ0n) is 27.3. The monoisotopic (exact) mass is 637 g/mol. The van der Waals surface area contributed by atoms with E-state index in [0.717, 1.165) is 50.0 Å². The Kier molecular flexibility index (Phi) is 6.53. The van der Waals surface area contributed by atoms with Crippen LogP contribution in [0.1, 0.15) is 0 Å². The molecular weight excluding hydrogens is 607 g/mol. The van der Waals surface area contributed by atoms with Crippen molar-refractivity contribution in [2.24, 2.45) is 0 Å². The van der Waals surface area contributed by atoms with Crippen LogP contribution in [-0.2, 0) is 0 Å². The molecule has 0 unspecified atom stereocenters. The highest BCUT2D eigenvalue weighted by molar-refractivity contribution is 6.19. The van der Waals surface area contributed by atoms with E-state index < -0.39 is 0 Å². The Bertz CT molecular complexity index is 2850. The average molecular weight is 638 g/mol. The molecule has 2 heteroatoms. The van der Waals surface area contributed by atoms with Gasteiger partial charge in [0.1, 0.15) is 11.2 Å². The summed E-state index contributed by atoms with van der Waals surface area (Å²) < 4.78 is 6.50. The van der Waals surface area contributed by atoms with Gasteiger partial charge in [-0.3, -0.25) is 0 Å². The second kappa shape index (κ2) is 11.5. The van der Waals surface area contributed by atoms with Crippen LogP contribution in [0.15, 0.2) is 192 Å². The third-order valence-electron chi connectivity index (χ3n) is 10.1. The molecule has 0 amide bonds. The van der Waals surface area contributed by atoms with Crippen molar-refractivity contribution in [2.45, 2.75) is 0 Å². The summed E-state index contributed by atoms with van der Waals surface area (Å²) in [5, 5.41) is 9.54. The topological polar surface area (TPSA) is 16.4 Å². The summed E-state index contributed by atoms with van der Waals surface area (Å²) in [6.45, 7) is 0. The van der Waals surface area contributed by atoms with E-state index >= 15 is 0 Å². The predicted octanol–water partition coefficient (Wildman–Crippen LogP) is 13.8. The standard InChI is InChI=1S/C48H31NO/c1-4-15-39-32(10-1)13-7-18-40(39)35-22-27-37(28-23-35)49(45-20-8-14-33-11-2-5-16-41(33)45)38-29-24-36(25-30-38)42-19-9-21-46-47(42)44-31-26-34-12-3-6-17-43(34)48(44)50-46/h1-31H. The summed E-state index contributed by atoms with van der Waals surface area (Å²) in [5.41, 5.74) is 9.95. The Hall–Kier alpha value is -6.64. The fourth-order valence-electron chi connectivity index (χ4n) is 7.68. The lowest BCUT2D eigenvalue weighted by atomic mass is 9.97. The van der Waals surface area contributed by atoms with Crippen molar-refractivity contribution in [3.8, 4) is 22.3 Å². The second-order valence-corrected chi connectivity index (χ2v) is 12.9. The van der Waals surface area contributed by atoms with Gasteiger partial charge in [-0.1, -0.05) is 146 Å². The van der Waals surface area contributed by atoms with Crippen LogP contribution < -0.4 is 4.90 Å². The van der Waals surface area contributed by atoms with Gasteiger partial charge in [0.05, 0.1) is 5.69 Å². The second-order valence-electron chi connectivity index (χ2n) is 12.9. The number of benzene rings is 9. The SMILES string of the molecule is c1ccc2c(-c3ccc(N(c4ccc(-c5cccc6oc7c8ccccc8ccc7c56)cc4)c4cccc5ccccc45)cc3)cccc2c1. The maximum Gasteiger partial charge on any atom is 0.143 e. The molecular formula is C48H31NO. The lowest BCUT2D eigenvalue weighted by Crippen LogP contribution is -2.10. The fraction of sp³-hybridized carbons (Fsp3) is 0. The summed E-state index contributed by atoms with van der Waals surface area (Å²) in [5.74, 6) is 0. The van der Waals surface area contributed by atoms with Crippen LogP contribution in [0, 0.1) is 0 Å². The van der Waals surface area contributed by atoms with Crippen LogP contribution in [0.4, 0.5) is 17.1 Å². The van der Waals surface area contributed by atoms with Crippen molar-refractivity contribution in [1.29, 1.82) is 0 Å². The molecule has 9 aromatic carbocycles. The minimum atomic E-state index is 0.904. The summed E-state index contributed by atoms with van der Waals surface area (Å²) in [4.78, 5) is 2.37. The molecule has 0 N–H and O–H groups in total. The first-order chi connectivity index (χ1) is 24.8. The zero-order chi connectivity index (χ0) is 33.0. The molecule has 234 valence electrons. The van der Waals surface area contributed by atoms with E-state index in [1.54, 1.807) is 0 Å². The van der Waals surface area contributed by atoms with E-state index in [0.29, 0.717) is 0 Å². The lowest BCUT2D eigenvalue weighted by Gasteiger charge is -2.27. The van der Waals surface area contributed by atoms with Crippen LogP contribution in [0.25, 0.3) is 76.5 Å². The normalized spacial score (nSPS) is 11.6. The molecule has 10 rings (SSSR count). The molecule has 0 aliphatic rings. The van der Waals surface area contributed by atoms with Crippen molar-refractivity contribution in [1.82, 2.24) is 0 Å². The van der Waals surface area contributed by atoms with Crippen molar-refractivity contribution < 1.29 is 4.42 Å². The molecule has 0 fully saturated rings. The highest BCUT2D eigenvalue weighted by Gasteiger charge is 2.18. The molecule has 0 bridgehead atoms. The molecule has 1 heterocycles. The molecule has 0 aliphatic heterocycles. The van der Waals surface area contributed by atoms with Gasteiger partial charge in [-0.15, -0.1) is 0 Å². The molecule has 0 saturated heterocycles. The molecule has 10 aromatic rings. The first-order valence-corrected chi connectivity index (χ1v) is 17.1. The molecule has 0 saturated carbocycles. The van der Waals surface area contributed by atoms with Gasteiger partial charge in [-0.05, 0) is 86.3 Å². The Morgan fingerprint density at radius 3 is 1.58 bits per heavy atom. The third-order valence-corrected chi connectivity index (χ3v) is 10.1. The first kappa shape index (κ1) is 28.4. The Balaban J connectivity index is 1.10. The number of nitrogens with zero attached hydrogens (tertiary/aromatic N) is 1. The third kappa shape index (κ3) is 4.57. The van der Waals surface area contributed by atoms with Crippen LogP contribution in [-0.4, -0.2) is 0 Å². The smallest absolute Gasteiger partial charge is 0.143 e. The van der Waals surface area contributed by atoms with Crippen LogP contribution in [0.3, 0.4) is 0 Å². The van der Waals surface area contributed by atoms with Gasteiger partial charge in [0.2, 0.25) is 0 Å². The van der Waals surface area contributed by atoms with Crippen LogP contribution in [0.2, 0.25) is 0 Å². The molecule has 0 spiro atoms. The Labute approximate surface area is 290 Å². The summed E-state index contributed by atoms with van der Waals surface area (Å²) >= 11 is 0. The van der Waals surface area contributed by atoms with E-state index in [1.807, 2.05) is 0 Å². The quantitative estimate of drug-likeness (QED) is 0.187. The molecule has 0 radical (unpaired) electrons. The van der Waals surface area contributed by atoms with E-state index in [1.165, 1.54) is 43.6 Å². The maximum atomic E-state index is 6.50. The predicted molar refractivity (Wildman–Crippen MR) is 212 cm³/mol. The van der Waals surface area contributed by atoms with Crippen molar-refractivity contribution in [3.05, 3.63) is 188 Å². The highest BCUT2D eigenvalue weighted by atomic mass is 16.3. The number of hydrogen-bond donors (Lipinski definition) is 0. The number of rotatable bonds is 5. The van der Waals surface area contributed by atoms with E-state index in [2.05, 4.69) is 193 Å². The van der Waals surface area contributed by atoms with E-state index in [-0.39, 0.29) is 0 Å². The van der Waals surface area contributed by atoms with Crippen molar-refractivity contribution in [3.63, 3.8) is 0 Å². The molecule has 0 atom stereocenters. The number of furan rings is 1. The Morgan fingerprint density at radius 2 is 0.860 bits per heavy atom. The summed E-state index contributed by atoms with van der Waals surface area (Å²) in [7, 11) is 0. The summed E-state index contributed by atoms with van der Waals surface area (Å²) in [6.07, 6.45) is 0. The van der Waals surface area contributed by atoms with Crippen LogP contribution >= 0.6 is 0 Å². The highest BCUT2D eigenvalue weighted by Crippen LogP contribution is 2.43. The van der Waals surface area contributed by atoms with E-state index in [4.69, 9.17) is 4.42 Å². The molecule has 2 nitrogen and oxygen atoms in total. The minimum Gasteiger partial charge on any atom is -0.455 e. The van der Waals surface area contributed by atoms with Gasteiger partial charge in [0.25, 0.3) is 0 Å². The molecule has 0 aliphatic carbocycles. The molecule has 1 aromatic heterocycles.